The Hall–Kier alpha value is -2.51. The first-order valence-electron chi connectivity index (χ1n) is 9.33. The molecule has 1 fully saturated rings. The van der Waals surface area contributed by atoms with E-state index in [0.29, 0.717) is 45.8 Å². The molecule has 3 rings (SSSR count). The minimum Gasteiger partial charge on any atom is -0.379 e. The molecule has 7 nitrogen and oxygen atoms in total. The monoisotopic (exact) mass is 370 g/mol. The summed E-state index contributed by atoms with van der Waals surface area (Å²) in [6, 6.07) is 8.64. The highest BCUT2D eigenvalue weighted by Crippen LogP contribution is 2.21. The van der Waals surface area contributed by atoms with Gasteiger partial charge in [0.05, 0.1) is 13.2 Å². The van der Waals surface area contributed by atoms with E-state index in [1.807, 2.05) is 25.1 Å². The van der Waals surface area contributed by atoms with Crippen molar-refractivity contribution in [2.24, 2.45) is 0 Å². The summed E-state index contributed by atoms with van der Waals surface area (Å²) in [6.45, 7) is 5.69. The predicted octanol–water partition coefficient (Wildman–Crippen LogP) is 1.13. The maximum atomic E-state index is 12.9. The van der Waals surface area contributed by atoms with Crippen LogP contribution in [-0.2, 0) is 16.1 Å². The lowest BCUT2D eigenvalue weighted by Gasteiger charge is -2.33. The summed E-state index contributed by atoms with van der Waals surface area (Å²) in [5.41, 5.74) is 1.80. The van der Waals surface area contributed by atoms with Crippen molar-refractivity contribution in [2.75, 3.05) is 32.8 Å². The first-order chi connectivity index (χ1) is 13.2. The fourth-order valence-corrected chi connectivity index (χ4v) is 3.36. The number of carbonyl (C=O) groups is 1. The molecule has 7 heteroatoms. The van der Waals surface area contributed by atoms with Crippen molar-refractivity contribution in [2.45, 2.75) is 25.9 Å². The third kappa shape index (κ3) is 5.02. The number of aryl methyl sites for hydroxylation is 1. The molecular formula is C20H26N4O3. The summed E-state index contributed by atoms with van der Waals surface area (Å²) in [7, 11) is 0. The van der Waals surface area contributed by atoms with Crippen molar-refractivity contribution in [3.05, 3.63) is 64.3 Å². The number of morpholine rings is 1. The van der Waals surface area contributed by atoms with Gasteiger partial charge in [-0.3, -0.25) is 19.5 Å². The van der Waals surface area contributed by atoms with Crippen LogP contribution in [-0.4, -0.2) is 53.2 Å². The van der Waals surface area contributed by atoms with Gasteiger partial charge in [-0.05, 0) is 31.0 Å². The lowest BCUT2D eigenvalue weighted by atomic mass is 10.1. The van der Waals surface area contributed by atoms with Gasteiger partial charge in [0.2, 0.25) is 5.91 Å². The number of nitrogens with zero attached hydrogens (tertiary/aromatic N) is 3. The first kappa shape index (κ1) is 19.3. The van der Waals surface area contributed by atoms with Crippen molar-refractivity contribution in [3.8, 4) is 0 Å². The Bertz CT molecular complexity index is 800. The summed E-state index contributed by atoms with van der Waals surface area (Å²) in [5, 5.41) is 3.02. The molecule has 2 aromatic heterocycles. The van der Waals surface area contributed by atoms with Crippen LogP contribution in [0.1, 0.15) is 23.7 Å². The normalized spacial score (nSPS) is 16.0. The molecule has 1 N–H and O–H groups in total. The third-order valence-corrected chi connectivity index (χ3v) is 4.79. The largest absolute Gasteiger partial charge is 0.379 e. The minimum atomic E-state index is -0.371. The molecule has 2 aromatic rings. The molecule has 0 unspecified atom stereocenters. The molecule has 3 heterocycles. The minimum absolute atomic E-state index is 0.0112. The second kappa shape index (κ2) is 9.43. The number of nitrogens with one attached hydrogen (secondary N) is 1. The Balaban J connectivity index is 1.60. The fraction of sp³-hybridized carbons (Fsp3) is 0.450. The zero-order valence-electron chi connectivity index (χ0n) is 15.6. The Morgan fingerprint density at radius 3 is 2.78 bits per heavy atom. The lowest BCUT2D eigenvalue weighted by Crippen LogP contribution is -2.46. The van der Waals surface area contributed by atoms with E-state index in [1.54, 1.807) is 29.1 Å². The molecule has 0 bridgehead atoms. The highest BCUT2D eigenvalue weighted by Gasteiger charge is 2.28. The van der Waals surface area contributed by atoms with E-state index in [9.17, 15) is 9.59 Å². The number of amides is 1. The van der Waals surface area contributed by atoms with Crippen LogP contribution >= 0.6 is 0 Å². The van der Waals surface area contributed by atoms with E-state index in [2.05, 4.69) is 15.2 Å². The van der Waals surface area contributed by atoms with Crippen LogP contribution in [0.5, 0.6) is 0 Å². The quantitative estimate of drug-likeness (QED) is 0.740. The summed E-state index contributed by atoms with van der Waals surface area (Å²) in [6.07, 6.45) is 4.14. The summed E-state index contributed by atoms with van der Waals surface area (Å²) in [5.74, 6) is -0.0398. The van der Waals surface area contributed by atoms with Crippen LogP contribution < -0.4 is 10.9 Å². The van der Waals surface area contributed by atoms with E-state index in [4.69, 9.17) is 4.74 Å². The Morgan fingerprint density at radius 1 is 1.26 bits per heavy atom. The van der Waals surface area contributed by atoms with Crippen molar-refractivity contribution in [3.63, 3.8) is 0 Å². The topological polar surface area (TPSA) is 76.5 Å². The fourth-order valence-electron chi connectivity index (χ4n) is 3.36. The molecule has 1 aliphatic heterocycles. The van der Waals surface area contributed by atoms with Crippen molar-refractivity contribution >= 4 is 5.91 Å². The van der Waals surface area contributed by atoms with Crippen molar-refractivity contribution < 1.29 is 9.53 Å². The number of hydrogen-bond donors (Lipinski definition) is 1. The van der Waals surface area contributed by atoms with Gasteiger partial charge in [0.15, 0.2) is 0 Å². The van der Waals surface area contributed by atoms with Gasteiger partial charge in [0.25, 0.3) is 5.56 Å². The van der Waals surface area contributed by atoms with Gasteiger partial charge >= 0.3 is 0 Å². The van der Waals surface area contributed by atoms with E-state index in [0.717, 1.165) is 11.3 Å². The van der Waals surface area contributed by atoms with Gasteiger partial charge in [-0.1, -0.05) is 12.1 Å². The zero-order chi connectivity index (χ0) is 19.1. The van der Waals surface area contributed by atoms with E-state index in [1.165, 1.54) is 0 Å². The molecule has 0 aromatic carbocycles. The Kier molecular flexibility index (Phi) is 6.73. The molecule has 1 saturated heterocycles. The van der Waals surface area contributed by atoms with Gasteiger partial charge in [0, 0.05) is 50.3 Å². The molecule has 0 saturated carbocycles. The SMILES string of the molecule is Cc1cccc(=O)n1CCCNC(=O)[C@@H](c1cccnc1)N1CCOCC1. The molecule has 0 aliphatic carbocycles. The van der Waals surface area contributed by atoms with Gasteiger partial charge in [-0.15, -0.1) is 0 Å². The number of rotatable bonds is 7. The second-order valence-corrected chi connectivity index (χ2v) is 6.64. The smallest absolute Gasteiger partial charge is 0.250 e. The van der Waals surface area contributed by atoms with Crippen LogP contribution in [0, 0.1) is 6.92 Å². The number of carbonyl (C=O) groups excluding carboxylic acids is 1. The zero-order valence-corrected chi connectivity index (χ0v) is 15.6. The lowest BCUT2D eigenvalue weighted by molar-refractivity contribution is -0.128. The van der Waals surface area contributed by atoms with Crippen LogP contribution in [0.25, 0.3) is 0 Å². The molecule has 27 heavy (non-hydrogen) atoms. The molecular weight excluding hydrogens is 344 g/mol. The van der Waals surface area contributed by atoms with E-state index >= 15 is 0 Å². The van der Waals surface area contributed by atoms with Gasteiger partial charge in [-0.25, -0.2) is 0 Å². The highest BCUT2D eigenvalue weighted by molar-refractivity contribution is 5.83. The predicted molar refractivity (Wildman–Crippen MR) is 102 cm³/mol. The van der Waals surface area contributed by atoms with Crippen molar-refractivity contribution in [1.29, 1.82) is 0 Å². The summed E-state index contributed by atoms with van der Waals surface area (Å²) in [4.78, 5) is 31.1. The maximum absolute atomic E-state index is 12.9. The number of hydrogen-bond acceptors (Lipinski definition) is 5. The van der Waals surface area contributed by atoms with Gasteiger partial charge in [0.1, 0.15) is 6.04 Å². The highest BCUT2D eigenvalue weighted by atomic mass is 16.5. The average molecular weight is 370 g/mol. The van der Waals surface area contributed by atoms with Crippen LogP contribution in [0.15, 0.2) is 47.5 Å². The Morgan fingerprint density at radius 2 is 2.07 bits per heavy atom. The number of pyridine rings is 2. The van der Waals surface area contributed by atoms with E-state index < -0.39 is 0 Å². The average Bonchev–Trinajstić information content (AvgIpc) is 2.69. The van der Waals surface area contributed by atoms with E-state index in [-0.39, 0.29) is 17.5 Å². The standard InChI is InChI=1S/C20H26N4O3/c1-16-5-2-7-18(25)24(16)10-4-9-22-20(26)19(17-6-3-8-21-15-17)23-11-13-27-14-12-23/h2-3,5-8,15,19H,4,9-14H2,1H3,(H,22,26)/t19-/m1/s1. The van der Waals surface area contributed by atoms with Gasteiger partial charge < -0.3 is 14.6 Å². The molecule has 1 aliphatic rings. The molecule has 1 atom stereocenters. The molecule has 0 spiro atoms. The maximum Gasteiger partial charge on any atom is 0.250 e. The molecule has 1 amide bonds. The number of aromatic nitrogens is 2. The van der Waals surface area contributed by atoms with Gasteiger partial charge in [-0.2, -0.15) is 0 Å². The molecule has 144 valence electrons. The van der Waals surface area contributed by atoms with Crippen LogP contribution in [0.2, 0.25) is 0 Å². The molecule has 0 radical (unpaired) electrons. The summed E-state index contributed by atoms with van der Waals surface area (Å²) >= 11 is 0. The number of ether oxygens (including phenoxy) is 1. The second-order valence-electron chi connectivity index (χ2n) is 6.64. The van der Waals surface area contributed by atoms with Crippen molar-refractivity contribution in [1.82, 2.24) is 19.8 Å². The summed E-state index contributed by atoms with van der Waals surface area (Å²) < 4.78 is 7.14. The van der Waals surface area contributed by atoms with Crippen LogP contribution in [0.3, 0.4) is 0 Å². The first-order valence-corrected chi connectivity index (χ1v) is 9.33. The Labute approximate surface area is 159 Å². The third-order valence-electron chi connectivity index (χ3n) is 4.79. The van der Waals surface area contributed by atoms with Crippen LogP contribution in [0.4, 0.5) is 0 Å².